The molecule has 0 fully saturated rings. The third-order valence-corrected chi connectivity index (χ3v) is 3.30. The first kappa shape index (κ1) is 10.5. The molecule has 19 heavy (non-hydrogen) atoms. The number of halogens is 1. The Morgan fingerprint density at radius 3 is 2.84 bits per heavy atom. The van der Waals surface area contributed by atoms with Crippen LogP contribution < -0.4 is 0 Å². The van der Waals surface area contributed by atoms with Gasteiger partial charge < -0.3 is 4.98 Å². The number of hydrogen-bond acceptors (Lipinski definition) is 4. The quantitative estimate of drug-likeness (QED) is 0.539. The lowest BCUT2D eigenvalue weighted by atomic mass is 10.3. The molecule has 4 aromatic rings. The lowest BCUT2D eigenvalue weighted by Crippen LogP contribution is -1.98. The van der Waals surface area contributed by atoms with Gasteiger partial charge in [-0.3, -0.25) is 4.57 Å². The number of H-pyrrole nitrogens is 1. The Morgan fingerprint density at radius 1 is 1.00 bits per heavy atom. The van der Waals surface area contributed by atoms with Crippen LogP contribution in [0.15, 0.2) is 37.2 Å². The van der Waals surface area contributed by atoms with Crippen LogP contribution in [0.2, 0.25) is 5.15 Å². The Hall–Kier alpha value is -2.47. The molecule has 7 heteroatoms. The van der Waals surface area contributed by atoms with E-state index in [9.17, 15) is 0 Å². The maximum atomic E-state index is 6.05. The summed E-state index contributed by atoms with van der Waals surface area (Å²) in [5, 5.41) is 2.16. The molecule has 0 saturated heterocycles. The number of nitrogens with one attached hydrogen (secondary N) is 1. The van der Waals surface area contributed by atoms with E-state index in [1.165, 1.54) is 12.7 Å². The molecule has 0 spiro atoms. The first-order valence-corrected chi connectivity index (χ1v) is 5.98. The summed E-state index contributed by atoms with van der Waals surface area (Å²) in [6, 6.07) is 3.80. The van der Waals surface area contributed by atoms with E-state index in [2.05, 4.69) is 24.9 Å². The normalized spacial score (nSPS) is 11.4. The zero-order valence-electron chi connectivity index (χ0n) is 9.58. The van der Waals surface area contributed by atoms with E-state index in [1.54, 1.807) is 0 Å². The summed E-state index contributed by atoms with van der Waals surface area (Å²) in [4.78, 5) is 19.8. The molecular weight excluding hydrogens is 264 g/mol. The molecule has 0 atom stereocenters. The summed E-state index contributed by atoms with van der Waals surface area (Å²) in [5.41, 5.74) is 1.51. The van der Waals surface area contributed by atoms with E-state index in [4.69, 9.17) is 11.6 Å². The Bertz CT molecular complexity index is 893. The minimum atomic E-state index is 0.433. The van der Waals surface area contributed by atoms with E-state index in [0.29, 0.717) is 5.15 Å². The van der Waals surface area contributed by atoms with Crippen LogP contribution in [0.4, 0.5) is 0 Å². The standard InChI is InChI=1S/C12H7ClN6/c13-9-7-2-4-19(11(7)17-5-15-9)12-8-1-3-14-10(8)16-6-18-12/h1-6H,(H,14,16,18). The lowest BCUT2D eigenvalue weighted by Gasteiger charge is -2.04. The fourth-order valence-electron chi connectivity index (χ4n) is 2.14. The number of aromatic nitrogens is 6. The van der Waals surface area contributed by atoms with Crippen LogP contribution in [0.1, 0.15) is 0 Å². The monoisotopic (exact) mass is 270 g/mol. The van der Waals surface area contributed by atoms with Crippen molar-refractivity contribution < 1.29 is 0 Å². The lowest BCUT2D eigenvalue weighted by molar-refractivity contribution is 1.01. The highest BCUT2D eigenvalue weighted by molar-refractivity contribution is 6.33. The van der Waals surface area contributed by atoms with E-state index >= 15 is 0 Å². The highest BCUT2D eigenvalue weighted by Crippen LogP contribution is 2.25. The van der Waals surface area contributed by atoms with E-state index in [-0.39, 0.29) is 0 Å². The van der Waals surface area contributed by atoms with Crippen molar-refractivity contribution in [3.63, 3.8) is 0 Å². The molecular formula is C12H7ClN6. The fraction of sp³-hybridized carbons (Fsp3) is 0. The molecule has 0 aliphatic carbocycles. The van der Waals surface area contributed by atoms with Gasteiger partial charge in [-0.15, -0.1) is 0 Å². The van der Waals surface area contributed by atoms with E-state index in [1.807, 2.05) is 29.1 Å². The van der Waals surface area contributed by atoms with E-state index in [0.717, 1.165) is 27.9 Å². The van der Waals surface area contributed by atoms with Crippen molar-refractivity contribution in [2.75, 3.05) is 0 Å². The SMILES string of the molecule is Clc1ncnc2c1ccn2-c1ncnc2[nH]ccc12. The van der Waals surface area contributed by atoms with Crippen molar-refractivity contribution in [1.82, 2.24) is 29.5 Å². The Kier molecular flexibility index (Phi) is 2.07. The molecule has 4 aromatic heterocycles. The van der Waals surface area contributed by atoms with Gasteiger partial charge in [0.05, 0.1) is 10.8 Å². The molecule has 4 rings (SSSR count). The van der Waals surface area contributed by atoms with Crippen LogP contribution in [0.5, 0.6) is 0 Å². The van der Waals surface area contributed by atoms with Gasteiger partial charge in [-0.1, -0.05) is 11.6 Å². The van der Waals surface area contributed by atoms with Gasteiger partial charge in [0.1, 0.15) is 23.5 Å². The highest BCUT2D eigenvalue weighted by Gasteiger charge is 2.12. The van der Waals surface area contributed by atoms with Gasteiger partial charge in [-0.25, -0.2) is 19.9 Å². The molecule has 0 aliphatic heterocycles. The van der Waals surface area contributed by atoms with Gasteiger partial charge in [0.2, 0.25) is 0 Å². The third kappa shape index (κ3) is 1.43. The van der Waals surface area contributed by atoms with Crippen LogP contribution in [-0.2, 0) is 0 Å². The molecule has 1 N–H and O–H groups in total. The number of fused-ring (bicyclic) bond motifs is 2. The summed E-state index contributed by atoms with van der Waals surface area (Å²) in [7, 11) is 0. The van der Waals surface area contributed by atoms with Gasteiger partial charge in [-0.05, 0) is 12.1 Å². The second kappa shape index (κ2) is 3.76. The second-order valence-electron chi connectivity index (χ2n) is 4.02. The summed E-state index contributed by atoms with van der Waals surface area (Å²) in [6.07, 6.45) is 6.66. The molecule has 4 heterocycles. The van der Waals surface area contributed by atoms with Gasteiger partial charge in [-0.2, -0.15) is 0 Å². The zero-order valence-corrected chi connectivity index (χ0v) is 10.3. The average molecular weight is 271 g/mol. The number of aromatic amines is 1. The zero-order chi connectivity index (χ0) is 12.8. The van der Waals surface area contributed by atoms with Crippen LogP contribution >= 0.6 is 11.6 Å². The van der Waals surface area contributed by atoms with Crippen molar-refractivity contribution in [3.8, 4) is 5.82 Å². The number of hydrogen-bond donors (Lipinski definition) is 1. The van der Waals surface area contributed by atoms with Gasteiger partial charge in [0.15, 0.2) is 11.5 Å². The predicted octanol–water partition coefficient (Wildman–Crippen LogP) is 2.35. The van der Waals surface area contributed by atoms with Crippen molar-refractivity contribution in [2.24, 2.45) is 0 Å². The van der Waals surface area contributed by atoms with Gasteiger partial charge >= 0.3 is 0 Å². The first-order chi connectivity index (χ1) is 9.34. The number of nitrogens with zero attached hydrogens (tertiary/aromatic N) is 5. The molecule has 0 aromatic carbocycles. The first-order valence-electron chi connectivity index (χ1n) is 5.60. The Balaban J connectivity index is 2.10. The third-order valence-electron chi connectivity index (χ3n) is 2.99. The highest BCUT2D eigenvalue weighted by atomic mass is 35.5. The minimum absolute atomic E-state index is 0.433. The molecule has 0 aliphatic rings. The maximum Gasteiger partial charge on any atom is 0.151 e. The molecule has 0 unspecified atom stereocenters. The topological polar surface area (TPSA) is 72.3 Å². The molecule has 0 bridgehead atoms. The molecule has 6 nitrogen and oxygen atoms in total. The van der Waals surface area contributed by atoms with Crippen LogP contribution in [0.25, 0.3) is 27.9 Å². The van der Waals surface area contributed by atoms with Crippen LogP contribution in [0, 0.1) is 0 Å². The van der Waals surface area contributed by atoms with Crippen molar-refractivity contribution >= 4 is 33.7 Å². The van der Waals surface area contributed by atoms with Crippen molar-refractivity contribution in [2.45, 2.75) is 0 Å². The second-order valence-corrected chi connectivity index (χ2v) is 4.38. The average Bonchev–Trinajstić information content (AvgIpc) is 3.05. The summed E-state index contributed by atoms with van der Waals surface area (Å²) in [6.45, 7) is 0. The fourth-order valence-corrected chi connectivity index (χ4v) is 2.33. The number of rotatable bonds is 1. The largest absolute Gasteiger partial charge is 0.346 e. The molecule has 92 valence electrons. The molecule has 0 amide bonds. The summed E-state index contributed by atoms with van der Waals surface area (Å²) in [5.74, 6) is 0.760. The summed E-state index contributed by atoms with van der Waals surface area (Å²) < 4.78 is 1.88. The van der Waals surface area contributed by atoms with Crippen molar-refractivity contribution in [3.05, 3.63) is 42.3 Å². The Labute approximate surface area is 112 Å². The van der Waals surface area contributed by atoms with Crippen LogP contribution in [-0.4, -0.2) is 29.5 Å². The van der Waals surface area contributed by atoms with Gasteiger partial charge in [0.25, 0.3) is 0 Å². The minimum Gasteiger partial charge on any atom is -0.346 e. The van der Waals surface area contributed by atoms with Crippen LogP contribution in [0.3, 0.4) is 0 Å². The predicted molar refractivity (Wildman–Crippen MR) is 71.3 cm³/mol. The van der Waals surface area contributed by atoms with Gasteiger partial charge in [0, 0.05) is 12.4 Å². The molecule has 0 radical (unpaired) electrons. The molecule has 0 saturated carbocycles. The maximum absolute atomic E-state index is 6.05. The van der Waals surface area contributed by atoms with E-state index < -0.39 is 0 Å². The smallest absolute Gasteiger partial charge is 0.151 e. The van der Waals surface area contributed by atoms with Crippen molar-refractivity contribution in [1.29, 1.82) is 0 Å². The Morgan fingerprint density at radius 2 is 1.89 bits per heavy atom. The summed E-state index contributed by atoms with van der Waals surface area (Å²) >= 11 is 6.05.